The first-order valence-corrected chi connectivity index (χ1v) is 12.0. The summed E-state index contributed by atoms with van der Waals surface area (Å²) >= 11 is 12.0. The second kappa shape index (κ2) is 9.61. The van der Waals surface area contributed by atoms with E-state index in [2.05, 4.69) is 11.4 Å². The molecule has 8 heteroatoms. The summed E-state index contributed by atoms with van der Waals surface area (Å²) in [6, 6.07) is 4.42. The summed E-state index contributed by atoms with van der Waals surface area (Å²) in [5.74, 6) is -0.129. The summed E-state index contributed by atoms with van der Waals surface area (Å²) in [4.78, 5) is 12.4. The Balaban J connectivity index is 1.51. The van der Waals surface area contributed by atoms with Crippen molar-refractivity contribution in [1.82, 2.24) is 9.62 Å². The third kappa shape index (κ3) is 5.29. The van der Waals surface area contributed by atoms with E-state index < -0.39 is 10.0 Å². The Morgan fingerprint density at radius 3 is 2.61 bits per heavy atom. The lowest BCUT2D eigenvalue weighted by molar-refractivity contribution is -0.126. The molecule has 1 aromatic carbocycles. The van der Waals surface area contributed by atoms with Crippen molar-refractivity contribution in [2.75, 3.05) is 19.6 Å². The summed E-state index contributed by atoms with van der Waals surface area (Å²) in [7, 11) is -3.72. The first-order chi connectivity index (χ1) is 13.4. The molecule has 2 aliphatic rings. The van der Waals surface area contributed by atoms with Gasteiger partial charge in [-0.2, -0.15) is 4.31 Å². The van der Waals surface area contributed by atoms with Crippen molar-refractivity contribution in [2.45, 2.75) is 49.8 Å². The summed E-state index contributed by atoms with van der Waals surface area (Å²) in [5.41, 5.74) is 1.44. The van der Waals surface area contributed by atoms with Crippen molar-refractivity contribution in [3.05, 3.63) is 39.9 Å². The van der Waals surface area contributed by atoms with E-state index in [1.54, 1.807) is 6.07 Å². The first kappa shape index (κ1) is 21.6. The molecule has 1 aliphatic carbocycles. The highest BCUT2D eigenvalue weighted by atomic mass is 35.5. The van der Waals surface area contributed by atoms with Crippen LogP contribution in [0.25, 0.3) is 0 Å². The monoisotopic (exact) mass is 444 g/mol. The van der Waals surface area contributed by atoms with Crippen LogP contribution in [-0.2, 0) is 14.8 Å². The van der Waals surface area contributed by atoms with Crippen LogP contribution >= 0.6 is 23.2 Å². The number of benzene rings is 1. The number of hydrogen-bond acceptors (Lipinski definition) is 3. The minimum absolute atomic E-state index is 0.0188. The number of carbonyl (C=O) groups excluding carboxylic acids is 1. The molecular weight excluding hydrogens is 419 g/mol. The molecule has 5 nitrogen and oxygen atoms in total. The van der Waals surface area contributed by atoms with Gasteiger partial charge in [-0.1, -0.05) is 34.9 Å². The van der Waals surface area contributed by atoms with Crippen molar-refractivity contribution in [3.8, 4) is 0 Å². The summed E-state index contributed by atoms with van der Waals surface area (Å²) in [6.07, 6.45) is 9.00. The fraction of sp³-hybridized carbons (Fsp3) is 0.550. The van der Waals surface area contributed by atoms with Gasteiger partial charge in [0.1, 0.15) is 4.90 Å². The van der Waals surface area contributed by atoms with Crippen LogP contribution in [-0.4, -0.2) is 38.3 Å². The molecule has 0 bridgehead atoms. The maximum Gasteiger partial charge on any atom is 0.244 e. The number of amides is 1. The van der Waals surface area contributed by atoms with Gasteiger partial charge in [0.2, 0.25) is 15.9 Å². The molecule has 1 saturated heterocycles. The quantitative estimate of drug-likeness (QED) is 0.660. The van der Waals surface area contributed by atoms with Gasteiger partial charge < -0.3 is 5.32 Å². The van der Waals surface area contributed by atoms with Gasteiger partial charge in [-0.25, -0.2) is 8.42 Å². The van der Waals surface area contributed by atoms with Gasteiger partial charge in [-0.15, -0.1) is 0 Å². The van der Waals surface area contributed by atoms with Gasteiger partial charge in [0.15, 0.2) is 0 Å². The fourth-order valence-corrected chi connectivity index (χ4v) is 6.00. The SMILES string of the molecule is O=C(NCCC1=CCCCC1)C1CCN(S(=O)(=O)c2cc(Cl)ccc2Cl)CC1. The van der Waals surface area contributed by atoms with E-state index in [1.807, 2.05) is 0 Å². The van der Waals surface area contributed by atoms with Gasteiger partial charge in [0.25, 0.3) is 0 Å². The summed E-state index contributed by atoms with van der Waals surface area (Å²) in [5, 5.41) is 3.49. The zero-order valence-electron chi connectivity index (χ0n) is 15.8. The summed E-state index contributed by atoms with van der Waals surface area (Å²) in [6.45, 7) is 1.25. The van der Waals surface area contributed by atoms with Crippen LogP contribution < -0.4 is 5.32 Å². The highest BCUT2D eigenvalue weighted by Crippen LogP contribution is 2.30. The number of nitrogens with one attached hydrogen (secondary N) is 1. The molecule has 0 atom stereocenters. The number of nitrogens with zero attached hydrogens (tertiary/aromatic N) is 1. The minimum atomic E-state index is -3.72. The number of rotatable bonds is 6. The van der Waals surface area contributed by atoms with Gasteiger partial charge in [0.05, 0.1) is 5.02 Å². The lowest BCUT2D eigenvalue weighted by Crippen LogP contribution is -2.43. The number of carbonyl (C=O) groups is 1. The van der Waals surface area contributed by atoms with E-state index in [-0.39, 0.29) is 21.7 Å². The summed E-state index contributed by atoms with van der Waals surface area (Å²) < 4.78 is 27.1. The molecule has 3 rings (SSSR count). The van der Waals surface area contributed by atoms with Crippen molar-refractivity contribution >= 4 is 39.1 Å². The number of halogens is 2. The highest BCUT2D eigenvalue weighted by molar-refractivity contribution is 7.89. The molecule has 0 radical (unpaired) electrons. The molecule has 0 aromatic heterocycles. The topological polar surface area (TPSA) is 66.5 Å². The van der Waals surface area contributed by atoms with Gasteiger partial charge in [0, 0.05) is 30.6 Å². The zero-order chi connectivity index (χ0) is 20.1. The number of allylic oxidation sites excluding steroid dienone is 1. The van der Waals surface area contributed by atoms with E-state index in [9.17, 15) is 13.2 Å². The average Bonchev–Trinajstić information content (AvgIpc) is 2.70. The normalized spacial score (nSPS) is 19.3. The van der Waals surface area contributed by atoms with Crippen LogP contribution in [0.4, 0.5) is 0 Å². The third-order valence-electron chi connectivity index (χ3n) is 5.47. The van der Waals surface area contributed by atoms with E-state index in [1.165, 1.54) is 34.9 Å². The van der Waals surface area contributed by atoms with Crippen LogP contribution in [0.2, 0.25) is 10.0 Å². The first-order valence-electron chi connectivity index (χ1n) is 9.79. The van der Waals surface area contributed by atoms with Crippen molar-refractivity contribution < 1.29 is 13.2 Å². The molecule has 1 aliphatic heterocycles. The third-order valence-corrected chi connectivity index (χ3v) is 8.08. The Morgan fingerprint density at radius 2 is 1.93 bits per heavy atom. The predicted octanol–water partition coefficient (Wildman–Crippen LogP) is 4.40. The second-order valence-corrected chi connectivity index (χ2v) is 10.2. The number of piperidine rings is 1. The van der Waals surface area contributed by atoms with E-state index in [4.69, 9.17) is 23.2 Å². The average molecular weight is 445 g/mol. The maximum absolute atomic E-state index is 12.9. The molecule has 0 saturated carbocycles. The van der Waals surface area contributed by atoms with Crippen molar-refractivity contribution in [1.29, 1.82) is 0 Å². The highest BCUT2D eigenvalue weighted by Gasteiger charge is 2.33. The van der Waals surface area contributed by atoms with E-state index in [0.717, 1.165) is 19.3 Å². The molecule has 0 unspecified atom stereocenters. The second-order valence-electron chi connectivity index (χ2n) is 7.40. The Hall–Kier alpha value is -1.08. The number of sulfonamides is 1. The van der Waals surface area contributed by atoms with Crippen molar-refractivity contribution in [2.24, 2.45) is 5.92 Å². The van der Waals surface area contributed by atoms with Crippen LogP contribution in [0, 0.1) is 5.92 Å². The minimum Gasteiger partial charge on any atom is -0.356 e. The Morgan fingerprint density at radius 1 is 1.18 bits per heavy atom. The Labute approximate surface area is 177 Å². The zero-order valence-corrected chi connectivity index (χ0v) is 18.1. The maximum atomic E-state index is 12.9. The Bertz CT molecular complexity index is 847. The molecule has 1 aromatic rings. The molecule has 1 heterocycles. The lowest BCUT2D eigenvalue weighted by atomic mass is 9.96. The number of hydrogen-bond donors (Lipinski definition) is 1. The lowest BCUT2D eigenvalue weighted by Gasteiger charge is -2.30. The molecule has 1 N–H and O–H groups in total. The van der Waals surface area contributed by atoms with Crippen LogP contribution in [0.15, 0.2) is 34.7 Å². The van der Waals surface area contributed by atoms with Gasteiger partial charge in [-0.05, 0) is 63.1 Å². The van der Waals surface area contributed by atoms with Crippen LogP contribution in [0.5, 0.6) is 0 Å². The van der Waals surface area contributed by atoms with Gasteiger partial charge >= 0.3 is 0 Å². The van der Waals surface area contributed by atoms with Crippen LogP contribution in [0.3, 0.4) is 0 Å². The predicted molar refractivity (Wildman–Crippen MR) is 112 cm³/mol. The molecule has 1 amide bonds. The molecule has 1 fully saturated rings. The smallest absolute Gasteiger partial charge is 0.244 e. The Kier molecular flexibility index (Phi) is 7.42. The van der Waals surface area contributed by atoms with Crippen molar-refractivity contribution in [3.63, 3.8) is 0 Å². The van der Waals surface area contributed by atoms with Gasteiger partial charge in [-0.3, -0.25) is 4.79 Å². The molecule has 154 valence electrons. The molecular formula is C20H26Cl2N2O3S. The van der Waals surface area contributed by atoms with E-state index in [0.29, 0.717) is 37.5 Å². The van der Waals surface area contributed by atoms with Crippen LogP contribution in [0.1, 0.15) is 44.9 Å². The fourth-order valence-electron chi connectivity index (χ4n) is 3.79. The van der Waals surface area contributed by atoms with E-state index >= 15 is 0 Å². The molecule has 28 heavy (non-hydrogen) atoms. The standard InChI is InChI=1S/C20H26Cl2N2O3S/c21-17-6-7-18(22)19(14-17)28(26,27)24-12-9-16(10-13-24)20(25)23-11-8-15-4-2-1-3-5-15/h4,6-7,14,16H,1-3,5,8-13H2,(H,23,25). The molecule has 0 spiro atoms. The largest absolute Gasteiger partial charge is 0.356 e.